The summed E-state index contributed by atoms with van der Waals surface area (Å²) in [5.74, 6) is 0.0489. The molecule has 0 saturated heterocycles. The second-order valence-electron chi connectivity index (χ2n) is 3.41. The summed E-state index contributed by atoms with van der Waals surface area (Å²) in [7, 11) is 0. The highest BCUT2D eigenvalue weighted by Gasteiger charge is 2.02. The minimum atomic E-state index is -0.639. The van der Waals surface area contributed by atoms with Gasteiger partial charge in [-0.3, -0.25) is 9.78 Å². The zero-order valence-corrected chi connectivity index (χ0v) is 8.86. The quantitative estimate of drug-likeness (QED) is 0.541. The van der Waals surface area contributed by atoms with Gasteiger partial charge in [0, 0.05) is 12.2 Å². The maximum Gasteiger partial charge on any atom is 0.342 e. The number of para-hydroxylation sites is 1. The predicted molar refractivity (Wildman–Crippen MR) is 63.7 cm³/mol. The number of H-pyrrole nitrogens is 2. The van der Waals surface area contributed by atoms with Gasteiger partial charge in [-0.2, -0.15) is 0 Å². The molecule has 1 heterocycles. The number of benzene rings is 1. The van der Waals surface area contributed by atoms with E-state index in [0.717, 1.165) is 5.56 Å². The molecule has 7 nitrogen and oxygen atoms in total. The van der Waals surface area contributed by atoms with Crippen LogP contribution in [0.5, 0.6) is 0 Å². The van der Waals surface area contributed by atoms with Gasteiger partial charge in [0.05, 0.1) is 0 Å². The van der Waals surface area contributed by atoms with Gasteiger partial charge in [0.15, 0.2) is 0 Å². The van der Waals surface area contributed by atoms with Crippen molar-refractivity contribution in [1.29, 1.82) is 0 Å². The molecule has 7 heteroatoms. The molecule has 5 N–H and O–H groups in total. The van der Waals surface area contributed by atoms with Crippen molar-refractivity contribution in [1.82, 2.24) is 15.2 Å². The largest absolute Gasteiger partial charge is 0.398 e. The minimum Gasteiger partial charge on any atom is -0.398 e. The summed E-state index contributed by atoms with van der Waals surface area (Å²) in [5.41, 5.74) is 6.01. The third kappa shape index (κ3) is 2.51. The maximum atomic E-state index is 11.3. The Morgan fingerprint density at radius 3 is 2.76 bits per heavy atom. The Morgan fingerprint density at radius 1 is 1.29 bits per heavy atom. The molecule has 17 heavy (non-hydrogen) atoms. The number of aromatic amines is 2. The fourth-order valence-corrected chi connectivity index (χ4v) is 1.34. The number of hydrogen-bond acceptors (Lipinski definition) is 5. The van der Waals surface area contributed by atoms with E-state index in [0.29, 0.717) is 12.2 Å². The van der Waals surface area contributed by atoms with Gasteiger partial charge >= 0.3 is 5.69 Å². The molecule has 0 atom stereocenters. The Hall–Kier alpha value is -2.57. The number of nitrogens with zero attached hydrogens (tertiary/aromatic N) is 1. The summed E-state index contributed by atoms with van der Waals surface area (Å²) >= 11 is 0. The maximum absolute atomic E-state index is 11.3. The van der Waals surface area contributed by atoms with Crippen LogP contribution in [0.3, 0.4) is 0 Å². The second kappa shape index (κ2) is 4.52. The lowest BCUT2D eigenvalue weighted by Gasteiger charge is -2.06. The monoisotopic (exact) mass is 233 g/mol. The third-order valence-corrected chi connectivity index (χ3v) is 2.21. The minimum absolute atomic E-state index is 0.0489. The highest BCUT2D eigenvalue weighted by molar-refractivity contribution is 5.48. The molecule has 0 aliphatic heterocycles. The lowest BCUT2D eigenvalue weighted by atomic mass is 10.2. The van der Waals surface area contributed by atoms with Gasteiger partial charge in [-0.1, -0.05) is 18.2 Å². The van der Waals surface area contributed by atoms with E-state index in [-0.39, 0.29) is 5.82 Å². The summed E-state index contributed by atoms with van der Waals surface area (Å²) < 4.78 is 0. The average molecular weight is 233 g/mol. The molecular weight excluding hydrogens is 222 g/mol. The predicted octanol–water partition coefficient (Wildman–Crippen LogP) is -0.348. The first-order valence-electron chi connectivity index (χ1n) is 4.93. The van der Waals surface area contributed by atoms with Crippen molar-refractivity contribution in [2.75, 3.05) is 11.1 Å². The van der Waals surface area contributed by atoms with E-state index in [9.17, 15) is 9.59 Å². The zero-order valence-electron chi connectivity index (χ0n) is 8.86. The first-order valence-corrected chi connectivity index (χ1v) is 4.93. The lowest BCUT2D eigenvalue weighted by molar-refractivity contribution is 0.883. The standard InChI is InChI=1S/C10H11N5O2/c11-7-4-2-1-3-6(7)5-12-8-9(16)13-10(17)15-14-8/h1-4H,5,11H2,(H,12,14)(H2,13,15,16,17). The van der Waals surface area contributed by atoms with Gasteiger partial charge in [-0.15, -0.1) is 5.10 Å². The molecule has 88 valence electrons. The van der Waals surface area contributed by atoms with E-state index in [1.165, 1.54) is 0 Å². The molecular formula is C10H11N5O2. The molecule has 1 aromatic carbocycles. The van der Waals surface area contributed by atoms with Crippen LogP contribution in [0.2, 0.25) is 0 Å². The Kier molecular flexibility index (Phi) is 2.91. The summed E-state index contributed by atoms with van der Waals surface area (Å²) in [6.45, 7) is 0.356. The topological polar surface area (TPSA) is 117 Å². The van der Waals surface area contributed by atoms with E-state index >= 15 is 0 Å². The van der Waals surface area contributed by atoms with Crippen molar-refractivity contribution >= 4 is 11.5 Å². The second-order valence-corrected chi connectivity index (χ2v) is 3.41. The van der Waals surface area contributed by atoms with Crippen molar-refractivity contribution < 1.29 is 0 Å². The zero-order chi connectivity index (χ0) is 12.3. The molecule has 1 aromatic heterocycles. The fraction of sp³-hybridized carbons (Fsp3) is 0.100. The molecule has 0 bridgehead atoms. The SMILES string of the molecule is Nc1ccccc1CNc1n[nH]c(=O)[nH]c1=O. The van der Waals surface area contributed by atoms with Crippen molar-refractivity contribution in [3.8, 4) is 0 Å². The molecule has 0 aliphatic carbocycles. The van der Waals surface area contributed by atoms with Crippen molar-refractivity contribution in [3.05, 3.63) is 50.7 Å². The van der Waals surface area contributed by atoms with E-state index in [1.54, 1.807) is 6.07 Å². The smallest absolute Gasteiger partial charge is 0.342 e. The molecule has 0 unspecified atom stereocenters. The van der Waals surface area contributed by atoms with Crippen molar-refractivity contribution in [2.45, 2.75) is 6.54 Å². The summed E-state index contributed by atoms with van der Waals surface area (Å²) in [4.78, 5) is 24.1. The molecule has 0 aliphatic rings. The van der Waals surface area contributed by atoms with Gasteiger partial charge in [0.2, 0.25) is 5.82 Å². The van der Waals surface area contributed by atoms with E-state index in [4.69, 9.17) is 5.73 Å². The average Bonchev–Trinajstić information content (AvgIpc) is 2.30. The lowest BCUT2D eigenvalue weighted by Crippen LogP contribution is -2.26. The van der Waals surface area contributed by atoms with Gasteiger partial charge in [-0.05, 0) is 11.6 Å². The number of aromatic nitrogens is 3. The van der Waals surface area contributed by atoms with Crippen LogP contribution < -0.4 is 22.3 Å². The number of rotatable bonds is 3. The number of nitrogens with one attached hydrogen (secondary N) is 3. The van der Waals surface area contributed by atoms with Crippen LogP contribution in [0.15, 0.2) is 33.9 Å². The number of nitrogen functional groups attached to an aromatic ring is 1. The first kappa shape index (κ1) is 10.9. The van der Waals surface area contributed by atoms with Gasteiger partial charge < -0.3 is 11.1 Å². The van der Waals surface area contributed by atoms with Crippen LogP contribution >= 0.6 is 0 Å². The van der Waals surface area contributed by atoms with Crippen LogP contribution in [-0.2, 0) is 6.54 Å². The van der Waals surface area contributed by atoms with Gasteiger partial charge in [0.1, 0.15) is 0 Å². The normalized spacial score (nSPS) is 10.1. The number of hydrogen-bond donors (Lipinski definition) is 4. The van der Waals surface area contributed by atoms with Gasteiger partial charge in [-0.25, -0.2) is 9.89 Å². The molecule has 0 amide bonds. The summed E-state index contributed by atoms with van der Waals surface area (Å²) in [6.07, 6.45) is 0. The molecule has 2 aromatic rings. The Balaban J connectivity index is 2.16. The van der Waals surface area contributed by atoms with Crippen molar-refractivity contribution in [3.63, 3.8) is 0 Å². The van der Waals surface area contributed by atoms with Crippen LogP contribution in [-0.4, -0.2) is 15.2 Å². The summed E-state index contributed by atoms with van der Waals surface area (Å²) in [6, 6.07) is 7.27. The van der Waals surface area contributed by atoms with E-state index < -0.39 is 11.2 Å². The molecule has 0 saturated carbocycles. The van der Waals surface area contributed by atoms with Crippen LogP contribution in [0, 0.1) is 0 Å². The Bertz CT molecular complexity index is 631. The van der Waals surface area contributed by atoms with Gasteiger partial charge in [0.25, 0.3) is 5.56 Å². The van der Waals surface area contributed by atoms with Crippen molar-refractivity contribution in [2.24, 2.45) is 0 Å². The highest BCUT2D eigenvalue weighted by atomic mass is 16.2. The molecule has 2 rings (SSSR count). The third-order valence-electron chi connectivity index (χ3n) is 2.21. The molecule has 0 fully saturated rings. The van der Waals surface area contributed by atoms with Crippen LogP contribution in [0.1, 0.15) is 5.56 Å². The highest BCUT2D eigenvalue weighted by Crippen LogP contribution is 2.10. The fourth-order valence-electron chi connectivity index (χ4n) is 1.34. The summed E-state index contributed by atoms with van der Waals surface area (Å²) in [5, 5.41) is 8.52. The number of anilines is 2. The Morgan fingerprint density at radius 2 is 2.06 bits per heavy atom. The molecule has 0 radical (unpaired) electrons. The number of nitrogens with two attached hydrogens (primary N) is 1. The van der Waals surface area contributed by atoms with E-state index in [1.807, 2.05) is 18.2 Å². The van der Waals surface area contributed by atoms with Crippen LogP contribution in [0.4, 0.5) is 11.5 Å². The van der Waals surface area contributed by atoms with E-state index in [2.05, 4.69) is 20.5 Å². The Labute approximate surface area is 95.7 Å². The first-order chi connectivity index (χ1) is 8.16. The van der Waals surface area contributed by atoms with Crippen LogP contribution in [0.25, 0.3) is 0 Å². The molecule has 0 spiro atoms.